The number of furan rings is 2. The summed E-state index contributed by atoms with van der Waals surface area (Å²) in [6, 6.07) is 77.9. The molecule has 3 heterocycles. The first kappa shape index (κ1) is 34.5. The number of fused-ring (bicyclic) bond motifs is 11. The van der Waals surface area contributed by atoms with Crippen LogP contribution in [0.3, 0.4) is 0 Å². The van der Waals surface area contributed by atoms with E-state index in [4.69, 9.17) is 8.83 Å². The van der Waals surface area contributed by atoms with E-state index < -0.39 is 0 Å². The number of aromatic nitrogens is 1. The third-order valence-corrected chi connectivity index (χ3v) is 12.6. The minimum atomic E-state index is 0.856. The fraction of sp³-hybridized carbons (Fsp3) is 0. The minimum Gasteiger partial charge on any atom is -0.456 e. The van der Waals surface area contributed by atoms with Crippen LogP contribution in [0.4, 0.5) is 17.1 Å². The Kier molecular flexibility index (Phi) is 7.57. The number of para-hydroxylation sites is 3. The predicted octanol–water partition coefficient (Wildman–Crippen LogP) is 16.5. The van der Waals surface area contributed by atoms with Gasteiger partial charge in [-0.3, -0.25) is 0 Å². The molecule has 10 aromatic carbocycles. The molecule has 0 spiro atoms. The number of hydrogen-bond donors (Lipinski definition) is 0. The Labute approximate surface area is 356 Å². The highest BCUT2D eigenvalue weighted by Gasteiger charge is 2.21. The monoisotopic (exact) mass is 792 g/mol. The number of anilines is 3. The van der Waals surface area contributed by atoms with Crippen LogP contribution in [0, 0.1) is 0 Å². The fourth-order valence-corrected chi connectivity index (χ4v) is 9.78. The molecule has 0 aliphatic heterocycles. The van der Waals surface area contributed by atoms with Gasteiger partial charge in [-0.2, -0.15) is 0 Å². The summed E-state index contributed by atoms with van der Waals surface area (Å²) in [6.07, 6.45) is 0. The average molecular weight is 793 g/mol. The van der Waals surface area contributed by atoms with Gasteiger partial charge in [0.1, 0.15) is 22.3 Å². The fourth-order valence-electron chi connectivity index (χ4n) is 9.78. The van der Waals surface area contributed by atoms with Gasteiger partial charge in [0.05, 0.1) is 22.1 Å². The van der Waals surface area contributed by atoms with E-state index in [-0.39, 0.29) is 0 Å². The van der Waals surface area contributed by atoms with Crippen molar-refractivity contribution in [2.75, 3.05) is 4.90 Å². The first-order chi connectivity index (χ1) is 30.7. The van der Waals surface area contributed by atoms with Gasteiger partial charge in [-0.15, -0.1) is 0 Å². The lowest BCUT2D eigenvalue weighted by Crippen LogP contribution is -2.10. The topological polar surface area (TPSA) is 34.5 Å². The van der Waals surface area contributed by atoms with Crippen LogP contribution in [-0.4, -0.2) is 4.57 Å². The maximum absolute atomic E-state index is 6.56. The molecular formula is C58H36N2O2. The SMILES string of the molecule is c1cc(-c2ccc(N(c3ccc(-c4cccc5oc6c7ccccc7ccc6c45)cc3)c3cccc4oc5ccccc5c34)cc2)cc(-n2c3ccccc3c3ccccc32)c1. The predicted molar refractivity (Wildman–Crippen MR) is 258 cm³/mol. The molecule has 290 valence electrons. The van der Waals surface area contributed by atoms with Crippen LogP contribution >= 0.6 is 0 Å². The van der Waals surface area contributed by atoms with Crippen molar-refractivity contribution >= 4 is 93.5 Å². The van der Waals surface area contributed by atoms with E-state index in [1.54, 1.807) is 0 Å². The molecule has 0 N–H and O–H groups in total. The van der Waals surface area contributed by atoms with E-state index in [1.807, 2.05) is 12.1 Å². The van der Waals surface area contributed by atoms with E-state index in [9.17, 15) is 0 Å². The molecule has 0 atom stereocenters. The Morgan fingerprint density at radius 1 is 0.355 bits per heavy atom. The molecule has 0 aliphatic carbocycles. The van der Waals surface area contributed by atoms with Crippen molar-refractivity contribution in [3.8, 4) is 27.9 Å². The van der Waals surface area contributed by atoms with E-state index in [1.165, 1.54) is 27.2 Å². The van der Waals surface area contributed by atoms with Gasteiger partial charge in [-0.1, -0.05) is 140 Å². The van der Waals surface area contributed by atoms with Crippen molar-refractivity contribution in [3.63, 3.8) is 0 Å². The zero-order valence-corrected chi connectivity index (χ0v) is 33.5. The Balaban J connectivity index is 0.933. The van der Waals surface area contributed by atoms with Crippen LogP contribution in [-0.2, 0) is 0 Å². The van der Waals surface area contributed by atoms with Gasteiger partial charge in [0.2, 0.25) is 0 Å². The van der Waals surface area contributed by atoms with Crippen LogP contribution in [0.25, 0.3) is 104 Å². The number of rotatable bonds is 6. The van der Waals surface area contributed by atoms with Crippen molar-refractivity contribution < 1.29 is 8.83 Å². The third-order valence-electron chi connectivity index (χ3n) is 12.6. The summed E-state index contributed by atoms with van der Waals surface area (Å²) in [7, 11) is 0. The summed E-state index contributed by atoms with van der Waals surface area (Å²) in [6.45, 7) is 0. The van der Waals surface area contributed by atoms with Crippen molar-refractivity contribution in [1.29, 1.82) is 0 Å². The summed E-state index contributed by atoms with van der Waals surface area (Å²) in [4.78, 5) is 2.35. The van der Waals surface area contributed by atoms with Crippen LogP contribution < -0.4 is 4.90 Å². The van der Waals surface area contributed by atoms with Gasteiger partial charge in [-0.05, 0) is 107 Å². The standard InChI is InChI=1S/C58H36N2O2/c1-2-15-45-38(12-1)30-35-49-56-44(19-10-24-54(56)62-58(45)49)39-28-33-42(34-29-39)59(52-22-11-25-55-57(52)48-18-5-8-23-53(48)61-55)41-31-26-37(27-32-41)40-13-9-14-43(36-40)60-50-20-6-3-16-46(50)47-17-4-7-21-51(47)60/h1-36H. The summed E-state index contributed by atoms with van der Waals surface area (Å²) in [5.74, 6) is 0. The second kappa shape index (κ2) is 13.6. The quantitative estimate of drug-likeness (QED) is 0.168. The van der Waals surface area contributed by atoms with Crippen molar-refractivity contribution in [2.24, 2.45) is 0 Å². The largest absolute Gasteiger partial charge is 0.456 e. The van der Waals surface area contributed by atoms with Gasteiger partial charge in [0, 0.05) is 49.4 Å². The molecule has 0 fully saturated rings. The van der Waals surface area contributed by atoms with Gasteiger partial charge >= 0.3 is 0 Å². The lowest BCUT2D eigenvalue weighted by atomic mass is 9.97. The van der Waals surface area contributed by atoms with E-state index >= 15 is 0 Å². The zero-order valence-electron chi connectivity index (χ0n) is 33.5. The molecule has 0 aliphatic rings. The second-order valence-electron chi connectivity index (χ2n) is 16.0. The molecule has 0 amide bonds. The van der Waals surface area contributed by atoms with Crippen LogP contribution in [0.1, 0.15) is 0 Å². The smallest absolute Gasteiger partial charge is 0.143 e. The number of benzene rings is 10. The van der Waals surface area contributed by atoms with E-state index in [2.05, 4.69) is 216 Å². The molecule has 4 heteroatoms. The molecular weight excluding hydrogens is 757 g/mol. The minimum absolute atomic E-state index is 0.856. The molecule has 4 nitrogen and oxygen atoms in total. The van der Waals surface area contributed by atoms with Crippen molar-refractivity contribution in [1.82, 2.24) is 4.57 Å². The van der Waals surface area contributed by atoms with Gasteiger partial charge in [0.25, 0.3) is 0 Å². The molecule has 0 unspecified atom stereocenters. The summed E-state index contributed by atoms with van der Waals surface area (Å²) in [5, 5.41) is 9.23. The molecule has 13 aromatic rings. The lowest BCUT2D eigenvalue weighted by Gasteiger charge is -2.26. The van der Waals surface area contributed by atoms with E-state index in [0.717, 1.165) is 94.3 Å². The third kappa shape index (κ3) is 5.27. The maximum Gasteiger partial charge on any atom is 0.143 e. The highest BCUT2D eigenvalue weighted by atomic mass is 16.3. The van der Waals surface area contributed by atoms with E-state index in [0.29, 0.717) is 0 Å². The highest BCUT2D eigenvalue weighted by Crippen LogP contribution is 2.45. The highest BCUT2D eigenvalue weighted by molar-refractivity contribution is 6.19. The molecule has 0 saturated carbocycles. The summed E-state index contributed by atoms with van der Waals surface area (Å²) in [5.41, 5.74) is 14.8. The molecule has 3 aromatic heterocycles. The van der Waals surface area contributed by atoms with Crippen molar-refractivity contribution in [2.45, 2.75) is 0 Å². The maximum atomic E-state index is 6.56. The normalized spacial score (nSPS) is 11.9. The zero-order chi connectivity index (χ0) is 40.7. The lowest BCUT2D eigenvalue weighted by molar-refractivity contribution is 0.669. The number of nitrogens with zero attached hydrogens (tertiary/aromatic N) is 2. The average Bonchev–Trinajstić information content (AvgIpc) is 4.03. The Hall–Kier alpha value is -8.34. The molecule has 62 heavy (non-hydrogen) atoms. The summed E-state index contributed by atoms with van der Waals surface area (Å²) >= 11 is 0. The van der Waals surface area contributed by atoms with Gasteiger partial charge in [-0.25, -0.2) is 0 Å². The van der Waals surface area contributed by atoms with Crippen LogP contribution in [0.15, 0.2) is 227 Å². The molecule has 0 bridgehead atoms. The molecule has 0 radical (unpaired) electrons. The molecule has 13 rings (SSSR count). The van der Waals surface area contributed by atoms with Crippen molar-refractivity contribution in [3.05, 3.63) is 218 Å². The molecule has 0 saturated heterocycles. The Morgan fingerprint density at radius 3 is 1.71 bits per heavy atom. The van der Waals surface area contributed by atoms with Crippen LogP contribution in [0.2, 0.25) is 0 Å². The first-order valence-corrected chi connectivity index (χ1v) is 21.1. The van der Waals surface area contributed by atoms with Crippen LogP contribution in [0.5, 0.6) is 0 Å². The Bertz CT molecular complexity index is 3810. The summed E-state index contributed by atoms with van der Waals surface area (Å²) < 4.78 is 15.4. The first-order valence-electron chi connectivity index (χ1n) is 21.1. The van der Waals surface area contributed by atoms with Gasteiger partial charge in [0.15, 0.2) is 0 Å². The Morgan fingerprint density at radius 2 is 0.952 bits per heavy atom. The van der Waals surface area contributed by atoms with Gasteiger partial charge < -0.3 is 18.3 Å². The second-order valence-corrected chi connectivity index (χ2v) is 16.0. The number of hydrogen-bond acceptors (Lipinski definition) is 3.